The number of nitrogens with one attached hydrogen (secondary N) is 1. The average Bonchev–Trinajstić information content (AvgIpc) is 2.54. The predicted molar refractivity (Wildman–Crippen MR) is 86.9 cm³/mol. The summed E-state index contributed by atoms with van der Waals surface area (Å²) in [6.07, 6.45) is 1.47. The Balaban J connectivity index is 1.96. The zero-order valence-electron chi connectivity index (χ0n) is 12.1. The minimum absolute atomic E-state index is 0.0297. The summed E-state index contributed by atoms with van der Waals surface area (Å²) in [7, 11) is -3.64. The summed E-state index contributed by atoms with van der Waals surface area (Å²) < 4.78 is 27.4. The molecule has 0 aliphatic carbocycles. The van der Waals surface area contributed by atoms with Crippen molar-refractivity contribution in [2.45, 2.75) is 18.0 Å². The Bertz CT molecular complexity index is 887. The van der Waals surface area contributed by atoms with E-state index in [9.17, 15) is 8.42 Å². The van der Waals surface area contributed by atoms with Crippen LogP contribution in [0.15, 0.2) is 71.9 Å². The second kappa shape index (κ2) is 5.87. The molecule has 0 unspecified atom stereocenters. The van der Waals surface area contributed by atoms with Gasteiger partial charge in [-0.1, -0.05) is 48.5 Å². The Morgan fingerprint density at radius 2 is 1.68 bits per heavy atom. The van der Waals surface area contributed by atoms with Crippen molar-refractivity contribution < 1.29 is 8.42 Å². The molecule has 0 aliphatic heterocycles. The molecule has 0 spiro atoms. The fourth-order valence-corrected chi connectivity index (χ4v) is 3.66. The van der Waals surface area contributed by atoms with Crippen molar-refractivity contribution in [3.63, 3.8) is 0 Å². The zero-order chi connectivity index (χ0) is 15.6. The fourth-order valence-electron chi connectivity index (χ4n) is 2.49. The number of pyridine rings is 1. The molecule has 0 fully saturated rings. The SMILES string of the molecule is C[C@H](NS(=O)(=O)c1ccccn1)c1cccc2ccccc12. The number of sulfonamides is 1. The van der Waals surface area contributed by atoms with E-state index >= 15 is 0 Å². The Labute approximate surface area is 129 Å². The molecule has 1 N–H and O–H groups in total. The van der Waals surface area contributed by atoms with Gasteiger partial charge in [-0.3, -0.25) is 0 Å². The first-order valence-corrected chi connectivity index (χ1v) is 8.47. The number of hydrogen-bond donors (Lipinski definition) is 1. The summed E-state index contributed by atoms with van der Waals surface area (Å²) in [5, 5.41) is 2.16. The summed E-state index contributed by atoms with van der Waals surface area (Å²) in [4.78, 5) is 3.91. The van der Waals surface area contributed by atoms with Crippen LogP contribution in [0.3, 0.4) is 0 Å². The first kappa shape index (κ1) is 14.7. The maximum absolute atomic E-state index is 12.4. The fraction of sp³-hybridized carbons (Fsp3) is 0.118. The lowest BCUT2D eigenvalue weighted by molar-refractivity contribution is 0.564. The highest BCUT2D eigenvalue weighted by atomic mass is 32.2. The van der Waals surface area contributed by atoms with Crippen LogP contribution in [0, 0.1) is 0 Å². The first-order chi connectivity index (χ1) is 10.6. The number of rotatable bonds is 4. The van der Waals surface area contributed by atoms with Crippen molar-refractivity contribution in [2.75, 3.05) is 0 Å². The molecule has 22 heavy (non-hydrogen) atoms. The molecule has 0 aliphatic rings. The van der Waals surface area contributed by atoms with Gasteiger partial charge in [-0.05, 0) is 35.4 Å². The van der Waals surface area contributed by atoms with Crippen molar-refractivity contribution in [1.82, 2.24) is 9.71 Å². The van der Waals surface area contributed by atoms with Crippen LogP contribution in [0.4, 0.5) is 0 Å². The second-order valence-electron chi connectivity index (χ2n) is 5.08. The van der Waals surface area contributed by atoms with Gasteiger partial charge in [0.2, 0.25) is 0 Å². The molecule has 0 saturated heterocycles. The Morgan fingerprint density at radius 3 is 2.45 bits per heavy atom. The molecule has 0 amide bonds. The number of benzene rings is 2. The summed E-state index contributed by atoms with van der Waals surface area (Å²) in [5.41, 5.74) is 0.942. The molecule has 112 valence electrons. The molecular weight excluding hydrogens is 296 g/mol. The monoisotopic (exact) mass is 312 g/mol. The van der Waals surface area contributed by atoms with Gasteiger partial charge in [0.1, 0.15) is 0 Å². The van der Waals surface area contributed by atoms with Gasteiger partial charge in [-0.15, -0.1) is 0 Å². The molecule has 0 bridgehead atoms. The molecule has 0 radical (unpaired) electrons. The molecule has 3 aromatic rings. The highest BCUT2D eigenvalue weighted by molar-refractivity contribution is 7.89. The minimum Gasteiger partial charge on any atom is -0.243 e. The van der Waals surface area contributed by atoms with E-state index in [2.05, 4.69) is 9.71 Å². The molecule has 1 atom stereocenters. The van der Waals surface area contributed by atoms with Crippen LogP contribution in [0.2, 0.25) is 0 Å². The van der Waals surface area contributed by atoms with E-state index < -0.39 is 10.0 Å². The van der Waals surface area contributed by atoms with Crippen molar-refractivity contribution in [3.05, 3.63) is 72.4 Å². The molecule has 0 saturated carbocycles. The third-order valence-electron chi connectivity index (χ3n) is 3.53. The van der Waals surface area contributed by atoms with E-state index in [1.165, 1.54) is 12.3 Å². The van der Waals surface area contributed by atoms with Crippen LogP contribution in [0.5, 0.6) is 0 Å². The molecule has 4 nitrogen and oxygen atoms in total. The molecule has 3 rings (SSSR count). The minimum atomic E-state index is -3.64. The molecule has 2 aromatic carbocycles. The summed E-state index contributed by atoms with van der Waals surface area (Å²) in [5.74, 6) is 0. The standard InChI is InChI=1S/C17H16N2O2S/c1-13(19-22(20,21)17-11-4-5-12-18-17)15-10-6-8-14-7-2-3-9-16(14)15/h2-13,19H,1H3/t13-/m0/s1. The maximum Gasteiger partial charge on any atom is 0.258 e. The zero-order valence-corrected chi connectivity index (χ0v) is 12.9. The van der Waals surface area contributed by atoms with Gasteiger partial charge in [0, 0.05) is 12.2 Å². The lowest BCUT2D eigenvalue weighted by Gasteiger charge is -2.16. The first-order valence-electron chi connectivity index (χ1n) is 6.99. The average molecular weight is 312 g/mol. The number of hydrogen-bond acceptors (Lipinski definition) is 3. The third-order valence-corrected chi connectivity index (χ3v) is 4.99. The van der Waals surface area contributed by atoms with Gasteiger partial charge < -0.3 is 0 Å². The second-order valence-corrected chi connectivity index (χ2v) is 6.74. The van der Waals surface area contributed by atoms with Crippen LogP contribution < -0.4 is 4.72 Å². The molecule has 1 aromatic heterocycles. The number of fused-ring (bicyclic) bond motifs is 1. The van der Waals surface area contributed by atoms with Crippen LogP contribution in [0.1, 0.15) is 18.5 Å². The van der Waals surface area contributed by atoms with Crippen LogP contribution in [0.25, 0.3) is 10.8 Å². The van der Waals surface area contributed by atoms with Gasteiger partial charge in [0.15, 0.2) is 5.03 Å². The Hall–Kier alpha value is -2.24. The van der Waals surface area contributed by atoms with Crippen LogP contribution in [-0.2, 0) is 10.0 Å². The van der Waals surface area contributed by atoms with E-state index in [1.54, 1.807) is 12.1 Å². The van der Waals surface area contributed by atoms with Gasteiger partial charge in [0.25, 0.3) is 10.0 Å². The maximum atomic E-state index is 12.4. The van der Waals surface area contributed by atoms with Crippen LogP contribution >= 0.6 is 0 Å². The highest BCUT2D eigenvalue weighted by Crippen LogP contribution is 2.25. The van der Waals surface area contributed by atoms with Crippen molar-refractivity contribution >= 4 is 20.8 Å². The Kier molecular flexibility index (Phi) is 3.92. The Morgan fingerprint density at radius 1 is 0.955 bits per heavy atom. The van der Waals surface area contributed by atoms with E-state index in [-0.39, 0.29) is 11.1 Å². The highest BCUT2D eigenvalue weighted by Gasteiger charge is 2.20. The third kappa shape index (κ3) is 2.86. The lowest BCUT2D eigenvalue weighted by Crippen LogP contribution is -2.27. The van der Waals surface area contributed by atoms with Gasteiger partial charge in [-0.2, -0.15) is 0 Å². The van der Waals surface area contributed by atoms with Crippen molar-refractivity contribution in [2.24, 2.45) is 0 Å². The van der Waals surface area contributed by atoms with E-state index in [1.807, 2.05) is 49.4 Å². The van der Waals surface area contributed by atoms with Gasteiger partial charge >= 0.3 is 0 Å². The van der Waals surface area contributed by atoms with Crippen molar-refractivity contribution in [1.29, 1.82) is 0 Å². The smallest absolute Gasteiger partial charge is 0.243 e. The van der Waals surface area contributed by atoms with Gasteiger partial charge in [0.05, 0.1) is 0 Å². The summed E-state index contributed by atoms with van der Waals surface area (Å²) in [6, 6.07) is 18.3. The topological polar surface area (TPSA) is 59.1 Å². The molecule has 1 heterocycles. The normalized spacial score (nSPS) is 13.1. The summed E-state index contributed by atoms with van der Waals surface area (Å²) >= 11 is 0. The number of aromatic nitrogens is 1. The largest absolute Gasteiger partial charge is 0.258 e. The van der Waals surface area contributed by atoms with E-state index in [4.69, 9.17) is 0 Å². The van der Waals surface area contributed by atoms with Crippen LogP contribution in [-0.4, -0.2) is 13.4 Å². The quantitative estimate of drug-likeness (QED) is 0.804. The van der Waals surface area contributed by atoms with E-state index in [0.29, 0.717) is 0 Å². The van der Waals surface area contributed by atoms with Gasteiger partial charge in [-0.25, -0.2) is 18.1 Å². The molecular formula is C17H16N2O2S. The van der Waals surface area contributed by atoms with Crippen molar-refractivity contribution in [3.8, 4) is 0 Å². The predicted octanol–water partition coefficient (Wildman–Crippen LogP) is 3.27. The number of nitrogens with zero attached hydrogens (tertiary/aromatic N) is 1. The lowest BCUT2D eigenvalue weighted by atomic mass is 10.0. The summed E-state index contributed by atoms with van der Waals surface area (Å²) in [6.45, 7) is 1.84. The molecule has 5 heteroatoms. The van der Waals surface area contributed by atoms with E-state index in [0.717, 1.165) is 16.3 Å².